The molecular formula is C25H23N3O6. The van der Waals surface area contributed by atoms with Crippen LogP contribution in [-0.4, -0.2) is 36.2 Å². The van der Waals surface area contributed by atoms with Crippen molar-refractivity contribution in [2.75, 3.05) is 22.1 Å². The van der Waals surface area contributed by atoms with Crippen LogP contribution in [0.4, 0.5) is 17.1 Å². The van der Waals surface area contributed by atoms with E-state index in [2.05, 4.69) is 10.6 Å². The Bertz CT molecular complexity index is 1160. The standard InChI is InChI=1S/C25H23N3O6/c1-15(29)26-17-9-11-18(12-10-17)27-22(30)14-34-25(33)16-5-4-6-19(13-16)28-23(31)20-7-2-3-8-21(20)24(28)32/h2-6,9-13,20-21H,7-8,14H2,1H3,(H,26,29)(H,27,30)/t20-,21-/m0/s1. The molecule has 9 nitrogen and oxygen atoms in total. The minimum absolute atomic E-state index is 0.124. The van der Waals surface area contributed by atoms with Crippen molar-refractivity contribution < 1.29 is 28.7 Å². The van der Waals surface area contributed by atoms with E-state index in [0.717, 1.165) is 4.90 Å². The van der Waals surface area contributed by atoms with E-state index < -0.39 is 18.5 Å². The number of anilines is 3. The molecule has 0 bridgehead atoms. The molecule has 0 spiro atoms. The maximum atomic E-state index is 12.8. The zero-order chi connectivity index (χ0) is 24.2. The van der Waals surface area contributed by atoms with Crippen molar-refractivity contribution in [2.24, 2.45) is 11.8 Å². The van der Waals surface area contributed by atoms with Gasteiger partial charge < -0.3 is 15.4 Å². The highest BCUT2D eigenvalue weighted by Gasteiger charge is 2.47. The van der Waals surface area contributed by atoms with E-state index in [-0.39, 0.29) is 35.1 Å². The van der Waals surface area contributed by atoms with Gasteiger partial charge in [-0.1, -0.05) is 18.2 Å². The van der Waals surface area contributed by atoms with Gasteiger partial charge in [0.2, 0.25) is 17.7 Å². The molecule has 0 radical (unpaired) electrons. The number of nitrogens with zero attached hydrogens (tertiary/aromatic N) is 1. The van der Waals surface area contributed by atoms with Crippen molar-refractivity contribution in [1.29, 1.82) is 0 Å². The Morgan fingerprint density at radius 3 is 2.09 bits per heavy atom. The molecule has 174 valence electrons. The third-order valence-corrected chi connectivity index (χ3v) is 5.67. The molecule has 2 aliphatic rings. The minimum atomic E-state index is -0.754. The number of hydrogen-bond acceptors (Lipinski definition) is 6. The van der Waals surface area contributed by atoms with Crippen molar-refractivity contribution in [2.45, 2.75) is 19.8 Å². The van der Waals surface area contributed by atoms with Gasteiger partial charge in [0.15, 0.2) is 6.61 Å². The molecule has 2 N–H and O–H groups in total. The number of esters is 1. The van der Waals surface area contributed by atoms with Gasteiger partial charge in [0, 0.05) is 18.3 Å². The van der Waals surface area contributed by atoms with Gasteiger partial charge in [0.1, 0.15) is 0 Å². The first-order valence-electron chi connectivity index (χ1n) is 10.8. The first-order chi connectivity index (χ1) is 16.3. The molecule has 0 aromatic heterocycles. The second-order valence-electron chi connectivity index (χ2n) is 8.10. The predicted octanol–water partition coefficient (Wildman–Crippen LogP) is 2.90. The monoisotopic (exact) mass is 461 g/mol. The van der Waals surface area contributed by atoms with Crippen molar-refractivity contribution in [1.82, 2.24) is 0 Å². The third-order valence-electron chi connectivity index (χ3n) is 5.67. The normalized spacial score (nSPS) is 18.9. The average molecular weight is 461 g/mol. The Kier molecular flexibility index (Phi) is 6.53. The minimum Gasteiger partial charge on any atom is -0.452 e. The molecule has 1 aliphatic carbocycles. The van der Waals surface area contributed by atoms with Crippen LogP contribution < -0.4 is 15.5 Å². The van der Waals surface area contributed by atoms with Gasteiger partial charge in [-0.05, 0) is 55.3 Å². The number of fused-ring (bicyclic) bond motifs is 1. The third kappa shape index (κ3) is 4.88. The quantitative estimate of drug-likeness (QED) is 0.388. The number of hydrogen-bond donors (Lipinski definition) is 2. The first-order valence-corrected chi connectivity index (χ1v) is 10.8. The fraction of sp³-hybridized carbons (Fsp3) is 0.240. The van der Waals surface area contributed by atoms with Gasteiger partial charge in [0.05, 0.1) is 23.1 Å². The van der Waals surface area contributed by atoms with Crippen LogP contribution in [0.3, 0.4) is 0 Å². The maximum absolute atomic E-state index is 12.8. The molecule has 2 atom stereocenters. The summed E-state index contributed by atoms with van der Waals surface area (Å²) in [6, 6.07) is 12.5. The second kappa shape index (κ2) is 9.70. The van der Waals surface area contributed by atoms with Crippen LogP contribution in [0.2, 0.25) is 0 Å². The van der Waals surface area contributed by atoms with Crippen molar-refractivity contribution >= 4 is 46.7 Å². The summed E-state index contributed by atoms with van der Waals surface area (Å²) in [5, 5.41) is 5.21. The van der Waals surface area contributed by atoms with Crippen LogP contribution in [0.15, 0.2) is 60.7 Å². The van der Waals surface area contributed by atoms with Gasteiger partial charge in [-0.15, -0.1) is 0 Å². The molecule has 34 heavy (non-hydrogen) atoms. The van der Waals surface area contributed by atoms with Crippen LogP contribution in [0.5, 0.6) is 0 Å². The first kappa shape index (κ1) is 22.9. The van der Waals surface area contributed by atoms with E-state index in [0.29, 0.717) is 29.9 Å². The lowest BCUT2D eigenvalue weighted by molar-refractivity contribution is -0.122. The summed E-state index contributed by atoms with van der Waals surface area (Å²) >= 11 is 0. The summed E-state index contributed by atoms with van der Waals surface area (Å²) in [7, 11) is 0. The van der Waals surface area contributed by atoms with Crippen LogP contribution in [0.25, 0.3) is 0 Å². The Morgan fingerprint density at radius 2 is 1.50 bits per heavy atom. The summed E-state index contributed by atoms with van der Waals surface area (Å²) in [6.45, 7) is 0.873. The Morgan fingerprint density at radius 1 is 0.912 bits per heavy atom. The number of amides is 4. The van der Waals surface area contributed by atoms with Crippen molar-refractivity contribution in [3.63, 3.8) is 0 Å². The highest BCUT2D eigenvalue weighted by molar-refractivity contribution is 6.22. The molecule has 9 heteroatoms. The van der Waals surface area contributed by atoms with Gasteiger partial charge in [-0.3, -0.25) is 24.1 Å². The number of ether oxygens (including phenoxy) is 1. The van der Waals surface area contributed by atoms with Gasteiger partial charge >= 0.3 is 5.97 Å². The molecular weight excluding hydrogens is 438 g/mol. The molecule has 1 heterocycles. The number of rotatable bonds is 6. The number of allylic oxidation sites excluding steroid dienone is 2. The second-order valence-corrected chi connectivity index (χ2v) is 8.10. The van der Waals surface area contributed by atoms with Crippen LogP contribution >= 0.6 is 0 Å². The summed E-state index contributed by atoms with van der Waals surface area (Å²) in [5.41, 5.74) is 1.49. The van der Waals surface area contributed by atoms with E-state index in [4.69, 9.17) is 4.74 Å². The van der Waals surface area contributed by atoms with Gasteiger partial charge in [-0.25, -0.2) is 4.79 Å². The smallest absolute Gasteiger partial charge is 0.338 e. The lowest BCUT2D eigenvalue weighted by Crippen LogP contribution is -2.31. The zero-order valence-electron chi connectivity index (χ0n) is 18.4. The fourth-order valence-electron chi connectivity index (χ4n) is 4.08. The van der Waals surface area contributed by atoms with E-state index in [1.165, 1.54) is 19.1 Å². The van der Waals surface area contributed by atoms with E-state index in [9.17, 15) is 24.0 Å². The highest BCUT2D eigenvalue weighted by Crippen LogP contribution is 2.37. The highest BCUT2D eigenvalue weighted by atomic mass is 16.5. The maximum Gasteiger partial charge on any atom is 0.338 e. The number of benzene rings is 2. The SMILES string of the molecule is CC(=O)Nc1ccc(NC(=O)COC(=O)c2cccc(N3C(=O)[C@H]4CC=CC[C@@H]4C3=O)c2)cc1. The Labute approximate surface area is 195 Å². The summed E-state index contributed by atoms with van der Waals surface area (Å²) < 4.78 is 5.10. The largest absolute Gasteiger partial charge is 0.452 e. The number of carbonyl (C=O) groups excluding carboxylic acids is 5. The fourth-order valence-corrected chi connectivity index (χ4v) is 4.08. The van der Waals surface area contributed by atoms with E-state index >= 15 is 0 Å². The van der Waals surface area contributed by atoms with Crippen LogP contribution in [0.1, 0.15) is 30.1 Å². The lowest BCUT2D eigenvalue weighted by Gasteiger charge is -2.15. The molecule has 1 fully saturated rings. The van der Waals surface area contributed by atoms with Crippen molar-refractivity contribution in [3.8, 4) is 0 Å². The Balaban J connectivity index is 1.35. The molecule has 4 amide bonds. The molecule has 2 aromatic rings. The zero-order valence-corrected chi connectivity index (χ0v) is 18.4. The summed E-state index contributed by atoms with van der Waals surface area (Å²) in [5.74, 6) is -2.79. The van der Waals surface area contributed by atoms with Crippen molar-refractivity contribution in [3.05, 3.63) is 66.2 Å². The van der Waals surface area contributed by atoms with E-state index in [1.807, 2.05) is 12.2 Å². The molecule has 1 saturated heterocycles. The van der Waals surface area contributed by atoms with E-state index in [1.54, 1.807) is 36.4 Å². The summed E-state index contributed by atoms with van der Waals surface area (Å²) in [6.07, 6.45) is 4.87. The van der Waals surface area contributed by atoms with Gasteiger partial charge in [-0.2, -0.15) is 0 Å². The topological polar surface area (TPSA) is 122 Å². The number of carbonyl (C=O) groups is 5. The predicted molar refractivity (Wildman–Crippen MR) is 124 cm³/mol. The molecule has 1 aliphatic heterocycles. The molecule has 2 aromatic carbocycles. The van der Waals surface area contributed by atoms with Crippen LogP contribution in [0, 0.1) is 11.8 Å². The number of nitrogens with one attached hydrogen (secondary N) is 2. The molecule has 0 unspecified atom stereocenters. The lowest BCUT2D eigenvalue weighted by atomic mass is 9.85. The van der Waals surface area contributed by atoms with Gasteiger partial charge in [0.25, 0.3) is 5.91 Å². The molecule has 4 rings (SSSR count). The molecule has 0 saturated carbocycles. The van der Waals surface area contributed by atoms with Crippen LogP contribution in [-0.2, 0) is 23.9 Å². The number of imide groups is 1. The average Bonchev–Trinajstić information content (AvgIpc) is 3.08. The summed E-state index contributed by atoms with van der Waals surface area (Å²) in [4.78, 5) is 62.4. The Hall–Kier alpha value is -4.27.